The maximum atomic E-state index is 12.3. The van der Waals surface area contributed by atoms with E-state index in [0.29, 0.717) is 10.9 Å². The molecule has 0 radical (unpaired) electrons. The predicted molar refractivity (Wildman–Crippen MR) is 80.9 cm³/mol. The highest BCUT2D eigenvalue weighted by Crippen LogP contribution is 2.25. The average molecular weight is 289 g/mol. The van der Waals surface area contributed by atoms with Gasteiger partial charge in [-0.15, -0.1) is 0 Å². The van der Waals surface area contributed by atoms with Crippen LogP contribution in [0.4, 0.5) is 5.82 Å². The Balaban J connectivity index is 2.68. The minimum absolute atomic E-state index is 0.146. The fourth-order valence-corrected chi connectivity index (χ4v) is 2.35. The van der Waals surface area contributed by atoms with Gasteiger partial charge in [-0.25, -0.2) is 9.59 Å². The van der Waals surface area contributed by atoms with E-state index in [1.165, 1.54) is 4.57 Å². The molecule has 2 N–H and O–H groups in total. The third-order valence-electron chi connectivity index (χ3n) is 3.30. The van der Waals surface area contributed by atoms with Crippen molar-refractivity contribution in [3.63, 3.8) is 0 Å². The molecule has 0 saturated carbocycles. The first kappa shape index (κ1) is 15.0. The number of rotatable bonds is 4. The Morgan fingerprint density at radius 1 is 1.38 bits per heavy atom. The van der Waals surface area contributed by atoms with E-state index in [-0.39, 0.29) is 18.3 Å². The summed E-state index contributed by atoms with van der Waals surface area (Å²) in [4.78, 5) is 28.4. The topological polar surface area (TPSA) is 87.2 Å². The van der Waals surface area contributed by atoms with Crippen LogP contribution < -0.4 is 11.4 Å². The van der Waals surface area contributed by atoms with Gasteiger partial charge in [-0.1, -0.05) is 26.0 Å². The van der Waals surface area contributed by atoms with E-state index in [2.05, 4.69) is 4.98 Å². The molecule has 0 bridgehead atoms. The van der Waals surface area contributed by atoms with Gasteiger partial charge >= 0.3 is 11.7 Å². The highest BCUT2D eigenvalue weighted by atomic mass is 16.5. The summed E-state index contributed by atoms with van der Waals surface area (Å²) in [7, 11) is 0. The molecular formula is C15H19N3O3. The Morgan fingerprint density at radius 3 is 2.67 bits per heavy atom. The highest BCUT2D eigenvalue weighted by Gasteiger charge is 2.29. The summed E-state index contributed by atoms with van der Waals surface area (Å²) in [5.41, 5.74) is 6.08. The fourth-order valence-electron chi connectivity index (χ4n) is 2.35. The molecule has 6 heteroatoms. The van der Waals surface area contributed by atoms with Crippen LogP contribution in [-0.2, 0) is 9.53 Å². The zero-order valence-corrected chi connectivity index (χ0v) is 12.4. The summed E-state index contributed by atoms with van der Waals surface area (Å²) < 4.78 is 6.29. The number of aromatic nitrogens is 2. The summed E-state index contributed by atoms with van der Waals surface area (Å²) in [6, 6.07) is 6.30. The summed E-state index contributed by atoms with van der Waals surface area (Å²) in [5, 5.41) is 0.645. The van der Waals surface area contributed by atoms with Gasteiger partial charge in [-0.2, -0.15) is 4.98 Å². The largest absolute Gasteiger partial charge is 0.464 e. The molecule has 0 aliphatic rings. The molecule has 2 aromatic rings. The number of carbonyl (C=O) groups excluding carboxylic acids is 1. The Morgan fingerprint density at radius 2 is 2.05 bits per heavy atom. The normalized spacial score (nSPS) is 12.6. The van der Waals surface area contributed by atoms with Gasteiger partial charge in [0, 0.05) is 5.39 Å². The van der Waals surface area contributed by atoms with Gasteiger partial charge in [0.05, 0.1) is 12.1 Å². The monoisotopic (exact) mass is 289 g/mol. The third kappa shape index (κ3) is 2.74. The van der Waals surface area contributed by atoms with Crippen LogP contribution in [-0.4, -0.2) is 22.1 Å². The van der Waals surface area contributed by atoms with Crippen LogP contribution in [0, 0.1) is 5.92 Å². The molecule has 21 heavy (non-hydrogen) atoms. The number of anilines is 1. The van der Waals surface area contributed by atoms with Crippen LogP contribution >= 0.6 is 0 Å². The van der Waals surface area contributed by atoms with E-state index in [1.54, 1.807) is 25.1 Å². The minimum Gasteiger partial charge on any atom is -0.464 e. The molecule has 1 heterocycles. The number of nitrogens with zero attached hydrogens (tertiary/aromatic N) is 2. The molecule has 0 spiro atoms. The minimum atomic E-state index is -0.783. The lowest BCUT2D eigenvalue weighted by Crippen LogP contribution is -2.37. The van der Waals surface area contributed by atoms with E-state index in [0.717, 1.165) is 0 Å². The second kappa shape index (κ2) is 5.95. The van der Waals surface area contributed by atoms with Crippen LogP contribution in [0.3, 0.4) is 0 Å². The zero-order chi connectivity index (χ0) is 15.6. The number of para-hydroxylation sites is 1. The van der Waals surface area contributed by atoms with Crippen molar-refractivity contribution in [2.45, 2.75) is 26.8 Å². The van der Waals surface area contributed by atoms with Gasteiger partial charge in [0.25, 0.3) is 0 Å². The summed E-state index contributed by atoms with van der Waals surface area (Å²) in [5.74, 6) is -0.386. The van der Waals surface area contributed by atoms with Crippen molar-refractivity contribution in [2.75, 3.05) is 12.3 Å². The Kier molecular flexibility index (Phi) is 4.26. The first-order chi connectivity index (χ1) is 9.97. The van der Waals surface area contributed by atoms with Crippen molar-refractivity contribution in [1.29, 1.82) is 0 Å². The molecule has 0 saturated heterocycles. The Bertz CT molecular complexity index is 722. The number of esters is 1. The lowest BCUT2D eigenvalue weighted by atomic mass is 10.0. The van der Waals surface area contributed by atoms with Gasteiger partial charge in [0.1, 0.15) is 11.9 Å². The number of ether oxygens (including phenoxy) is 1. The summed E-state index contributed by atoms with van der Waals surface area (Å²) in [6.07, 6.45) is 0. The Hall–Kier alpha value is -2.37. The van der Waals surface area contributed by atoms with Crippen LogP contribution in [0.1, 0.15) is 26.8 Å². The highest BCUT2D eigenvalue weighted by molar-refractivity contribution is 5.88. The second-order valence-corrected chi connectivity index (χ2v) is 5.11. The lowest BCUT2D eigenvalue weighted by Gasteiger charge is -2.23. The van der Waals surface area contributed by atoms with Crippen molar-refractivity contribution < 1.29 is 9.53 Å². The van der Waals surface area contributed by atoms with Crippen LogP contribution in [0.5, 0.6) is 0 Å². The van der Waals surface area contributed by atoms with Crippen molar-refractivity contribution in [1.82, 2.24) is 9.55 Å². The number of benzene rings is 1. The quantitative estimate of drug-likeness (QED) is 0.866. The van der Waals surface area contributed by atoms with E-state index < -0.39 is 17.7 Å². The standard InChI is InChI=1S/C15H19N3O3/c1-4-21-14(19)12(9(2)3)18-13(16)10-7-5-6-8-11(10)17-15(18)20/h5-9,12H,4,16H2,1-3H3. The number of carbonyl (C=O) groups is 1. The van der Waals surface area contributed by atoms with Crippen molar-refractivity contribution >= 4 is 22.7 Å². The first-order valence-corrected chi connectivity index (χ1v) is 6.90. The van der Waals surface area contributed by atoms with E-state index in [4.69, 9.17) is 10.5 Å². The smallest absolute Gasteiger partial charge is 0.350 e. The average Bonchev–Trinajstić information content (AvgIpc) is 2.43. The van der Waals surface area contributed by atoms with Gasteiger partial charge in [0.15, 0.2) is 0 Å². The molecule has 2 rings (SSSR count). The summed E-state index contributed by atoms with van der Waals surface area (Å²) >= 11 is 0. The molecule has 0 aliphatic carbocycles. The molecule has 1 aromatic carbocycles. The van der Waals surface area contributed by atoms with Crippen LogP contribution in [0.15, 0.2) is 29.1 Å². The van der Waals surface area contributed by atoms with Gasteiger partial charge in [0.2, 0.25) is 0 Å². The van der Waals surface area contributed by atoms with E-state index >= 15 is 0 Å². The van der Waals surface area contributed by atoms with Crippen molar-refractivity contribution in [3.05, 3.63) is 34.7 Å². The molecule has 0 aliphatic heterocycles. The molecular weight excluding hydrogens is 270 g/mol. The molecule has 0 fully saturated rings. The fraction of sp³-hybridized carbons (Fsp3) is 0.400. The third-order valence-corrected chi connectivity index (χ3v) is 3.30. The molecule has 1 unspecified atom stereocenters. The van der Waals surface area contributed by atoms with Gasteiger partial charge in [-0.05, 0) is 25.0 Å². The zero-order valence-electron chi connectivity index (χ0n) is 12.4. The predicted octanol–water partition coefficient (Wildman–Crippen LogP) is 1.74. The second-order valence-electron chi connectivity index (χ2n) is 5.11. The molecule has 1 atom stereocenters. The summed E-state index contributed by atoms with van der Waals surface area (Å²) in [6.45, 7) is 5.64. The van der Waals surface area contributed by atoms with Gasteiger partial charge < -0.3 is 10.5 Å². The van der Waals surface area contributed by atoms with Crippen LogP contribution in [0.2, 0.25) is 0 Å². The van der Waals surface area contributed by atoms with E-state index in [1.807, 2.05) is 19.9 Å². The molecule has 0 amide bonds. The number of hydrogen-bond acceptors (Lipinski definition) is 5. The number of hydrogen-bond donors (Lipinski definition) is 1. The first-order valence-electron chi connectivity index (χ1n) is 6.90. The number of fused-ring (bicyclic) bond motifs is 1. The molecule has 112 valence electrons. The van der Waals surface area contributed by atoms with E-state index in [9.17, 15) is 9.59 Å². The molecule has 1 aromatic heterocycles. The number of nitrogens with two attached hydrogens (primary N) is 1. The van der Waals surface area contributed by atoms with Crippen molar-refractivity contribution in [3.8, 4) is 0 Å². The van der Waals surface area contributed by atoms with Gasteiger partial charge in [-0.3, -0.25) is 4.57 Å². The Labute approximate surface area is 122 Å². The SMILES string of the molecule is CCOC(=O)C(C(C)C)n1c(N)c2ccccc2nc1=O. The molecule has 6 nitrogen and oxygen atoms in total. The van der Waals surface area contributed by atoms with Crippen molar-refractivity contribution in [2.24, 2.45) is 5.92 Å². The maximum Gasteiger partial charge on any atom is 0.350 e. The van der Waals surface area contributed by atoms with Crippen LogP contribution in [0.25, 0.3) is 10.9 Å². The maximum absolute atomic E-state index is 12.3. The lowest BCUT2D eigenvalue weighted by molar-refractivity contribution is -0.148. The number of nitrogen functional groups attached to an aromatic ring is 1.